The maximum Gasteiger partial charge on any atom is 0.165 e. The van der Waals surface area contributed by atoms with Crippen molar-refractivity contribution < 1.29 is 14.6 Å². The Labute approximate surface area is 161 Å². The van der Waals surface area contributed by atoms with Gasteiger partial charge in [-0.1, -0.05) is 27.7 Å². The van der Waals surface area contributed by atoms with Gasteiger partial charge >= 0.3 is 0 Å². The summed E-state index contributed by atoms with van der Waals surface area (Å²) in [5.74, 6) is 0.692. The van der Waals surface area contributed by atoms with Gasteiger partial charge in [-0.3, -0.25) is 0 Å². The molecule has 0 radical (unpaired) electrons. The fourth-order valence-corrected chi connectivity index (χ4v) is 2.84. The van der Waals surface area contributed by atoms with Crippen LogP contribution in [0.3, 0.4) is 0 Å². The Hall–Kier alpha value is -1.77. The van der Waals surface area contributed by atoms with E-state index < -0.39 is 6.10 Å². The molecule has 152 valence electrons. The molecule has 2 N–H and O–H groups in total. The minimum absolute atomic E-state index is 0.00620. The van der Waals surface area contributed by atoms with Gasteiger partial charge in [0.2, 0.25) is 0 Å². The van der Waals surface area contributed by atoms with Gasteiger partial charge in [-0.15, -0.1) is 0 Å². The molecule has 0 spiro atoms. The van der Waals surface area contributed by atoms with Gasteiger partial charge in [-0.25, -0.2) is 15.0 Å². The number of ether oxygens (including phenoxy) is 2. The molecule has 2 aromatic heterocycles. The zero-order valence-electron chi connectivity index (χ0n) is 17.3. The highest BCUT2D eigenvalue weighted by molar-refractivity contribution is 5.82. The minimum Gasteiger partial charge on any atom is -0.392 e. The molecule has 0 fully saturated rings. The Kier molecular flexibility index (Phi) is 7.13. The van der Waals surface area contributed by atoms with Crippen molar-refractivity contribution in [2.24, 2.45) is 10.8 Å². The molecule has 0 aliphatic heterocycles. The lowest BCUT2D eigenvalue weighted by atomic mass is 9.93. The van der Waals surface area contributed by atoms with Gasteiger partial charge in [0.1, 0.15) is 11.8 Å². The summed E-state index contributed by atoms with van der Waals surface area (Å²) < 4.78 is 13.0. The van der Waals surface area contributed by atoms with Crippen LogP contribution in [0.25, 0.3) is 11.2 Å². The van der Waals surface area contributed by atoms with Crippen molar-refractivity contribution in [3.8, 4) is 0 Å². The van der Waals surface area contributed by atoms with E-state index in [2.05, 4.69) is 48.0 Å². The van der Waals surface area contributed by atoms with Gasteiger partial charge in [0.15, 0.2) is 11.5 Å². The summed E-state index contributed by atoms with van der Waals surface area (Å²) in [7, 11) is 1.71. The third-order valence-electron chi connectivity index (χ3n) is 4.12. The number of fused-ring (bicyclic) bond motifs is 1. The van der Waals surface area contributed by atoms with Crippen LogP contribution in [-0.2, 0) is 16.0 Å². The predicted molar refractivity (Wildman–Crippen MR) is 106 cm³/mol. The second-order valence-corrected chi connectivity index (χ2v) is 8.75. The first-order valence-electron chi connectivity index (χ1n) is 9.28. The smallest absolute Gasteiger partial charge is 0.165 e. The molecule has 1 atom stereocenters. The first-order chi connectivity index (χ1) is 12.6. The lowest BCUT2D eigenvalue weighted by Crippen LogP contribution is -2.32. The average molecular weight is 380 g/mol. The summed E-state index contributed by atoms with van der Waals surface area (Å²) in [6.07, 6.45) is 2.73. The number of aliphatic hydroxyl groups is 1. The lowest BCUT2D eigenvalue weighted by Gasteiger charge is -2.29. The Balaban J connectivity index is 1.96. The summed E-state index contributed by atoms with van der Waals surface area (Å²) in [4.78, 5) is 13.0. The molecule has 0 aliphatic rings. The zero-order chi connectivity index (χ0) is 20.1. The number of methoxy groups -OCH3 is 1. The van der Waals surface area contributed by atoms with E-state index in [4.69, 9.17) is 9.47 Å². The largest absolute Gasteiger partial charge is 0.392 e. The first kappa shape index (κ1) is 21.5. The summed E-state index contributed by atoms with van der Waals surface area (Å²) >= 11 is 0. The van der Waals surface area contributed by atoms with Crippen molar-refractivity contribution in [2.75, 3.05) is 38.8 Å². The molecule has 8 heteroatoms. The van der Waals surface area contributed by atoms with E-state index in [0.717, 1.165) is 0 Å². The van der Waals surface area contributed by atoms with Crippen molar-refractivity contribution in [1.82, 2.24) is 19.5 Å². The third-order valence-corrected chi connectivity index (χ3v) is 4.12. The molecule has 27 heavy (non-hydrogen) atoms. The van der Waals surface area contributed by atoms with Crippen molar-refractivity contribution in [3.05, 3.63) is 12.7 Å². The molecule has 0 aromatic carbocycles. The van der Waals surface area contributed by atoms with Gasteiger partial charge < -0.3 is 24.5 Å². The molecule has 0 bridgehead atoms. The van der Waals surface area contributed by atoms with Gasteiger partial charge in [0.25, 0.3) is 0 Å². The normalized spacial score (nSPS) is 13.9. The van der Waals surface area contributed by atoms with E-state index in [1.807, 2.05) is 4.57 Å². The molecular weight excluding hydrogens is 346 g/mol. The lowest BCUT2D eigenvalue weighted by molar-refractivity contribution is -0.0122. The number of anilines is 1. The summed E-state index contributed by atoms with van der Waals surface area (Å²) in [6, 6.07) is 0. The Morgan fingerprint density at radius 3 is 2.48 bits per heavy atom. The van der Waals surface area contributed by atoms with E-state index in [0.29, 0.717) is 49.9 Å². The molecule has 8 nitrogen and oxygen atoms in total. The first-order valence-corrected chi connectivity index (χ1v) is 9.28. The number of nitrogens with zero attached hydrogens (tertiary/aromatic N) is 4. The van der Waals surface area contributed by atoms with Crippen LogP contribution in [0, 0.1) is 10.8 Å². The van der Waals surface area contributed by atoms with Crippen LogP contribution in [0.5, 0.6) is 0 Å². The Morgan fingerprint density at radius 2 is 1.81 bits per heavy atom. The van der Waals surface area contributed by atoms with Crippen LogP contribution >= 0.6 is 0 Å². The van der Waals surface area contributed by atoms with Gasteiger partial charge in [-0.05, 0) is 6.92 Å². The molecule has 0 amide bonds. The predicted octanol–water partition coefficient (Wildman–Crippen LogP) is 2.33. The maximum atomic E-state index is 9.61. The monoisotopic (exact) mass is 379 g/mol. The van der Waals surface area contributed by atoms with E-state index in [-0.39, 0.29) is 10.8 Å². The highest BCUT2D eigenvalue weighted by atomic mass is 16.5. The van der Waals surface area contributed by atoms with Crippen molar-refractivity contribution in [1.29, 1.82) is 0 Å². The van der Waals surface area contributed by atoms with Crippen molar-refractivity contribution in [2.45, 2.75) is 47.3 Å². The van der Waals surface area contributed by atoms with E-state index in [9.17, 15) is 5.11 Å². The Bertz CT molecular complexity index is 727. The zero-order valence-corrected chi connectivity index (χ0v) is 17.3. The van der Waals surface area contributed by atoms with E-state index in [1.54, 1.807) is 20.4 Å². The molecule has 0 unspecified atom stereocenters. The minimum atomic E-state index is -0.466. The summed E-state index contributed by atoms with van der Waals surface area (Å²) in [5, 5.41) is 13.0. The number of aromatic nitrogens is 4. The van der Waals surface area contributed by atoms with Crippen LogP contribution in [-0.4, -0.2) is 64.2 Å². The quantitative estimate of drug-likeness (QED) is 0.619. The molecule has 0 saturated heterocycles. The number of aliphatic hydroxyl groups excluding tert-OH is 1. The number of imidazole rings is 1. The number of rotatable bonds is 11. The van der Waals surface area contributed by atoms with Crippen LogP contribution in [0.2, 0.25) is 0 Å². The fraction of sp³-hybridized carbons (Fsp3) is 0.737. The molecule has 0 saturated carbocycles. The van der Waals surface area contributed by atoms with Gasteiger partial charge in [0.05, 0.1) is 38.8 Å². The highest BCUT2D eigenvalue weighted by Crippen LogP contribution is 2.23. The highest BCUT2D eigenvalue weighted by Gasteiger charge is 2.23. The third kappa shape index (κ3) is 6.41. The average Bonchev–Trinajstić information content (AvgIpc) is 2.95. The number of hydrogen-bond donors (Lipinski definition) is 2. The van der Waals surface area contributed by atoms with Crippen LogP contribution < -0.4 is 5.32 Å². The number of hydrogen-bond acceptors (Lipinski definition) is 7. The SMILES string of the molecule is COCC(C)(C)COCC(C)(C)CNc1ncnc2c1ncn2C[C@@H](C)O. The standard InChI is InChI=1S/C19H33N5O3/c1-14(25)7-24-13-23-15-16(21-12-22-17(15)24)20-8-18(2,3)10-27-11-19(4,5)9-26-6/h12-14,25H,7-11H2,1-6H3,(H,20,21,22)/t14-/m1/s1. The topological polar surface area (TPSA) is 94.3 Å². The number of nitrogens with one attached hydrogen (secondary N) is 1. The summed E-state index contributed by atoms with van der Waals surface area (Å²) in [5.41, 5.74) is 1.33. The van der Waals surface area contributed by atoms with Crippen LogP contribution in [0.4, 0.5) is 5.82 Å². The van der Waals surface area contributed by atoms with Gasteiger partial charge in [0, 0.05) is 24.5 Å². The van der Waals surface area contributed by atoms with Crippen molar-refractivity contribution >= 4 is 17.0 Å². The summed E-state index contributed by atoms with van der Waals surface area (Å²) in [6.45, 7) is 13.4. The second kappa shape index (κ2) is 8.95. The molecule has 2 rings (SSSR count). The Morgan fingerprint density at radius 1 is 1.11 bits per heavy atom. The van der Waals surface area contributed by atoms with E-state index in [1.165, 1.54) is 6.33 Å². The van der Waals surface area contributed by atoms with Crippen molar-refractivity contribution in [3.63, 3.8) is 0 Å². The fourth-order valence-electron chi connectivity index (χ4n) is 2.84. The molecular formula is C19H33N5O3. The van der Waals surface area contributed by atoms with Gasteiger partial charge in [-0.2, -0.15) is 0 Å². The maximum absolute atomic E-state index is 9.61. The molecule has 0 aliphatic carbocycles. The van der Waals surface area contributed by atoms with E-state index >= 15 is 0 Å². The second-order valence-electron chi connectivity index (χ2n) is 8.75. The molecule has 2 aromatic rings. The van der Waals surface area contributed by atoms with Crippen LogP contribution in [0.15, 0.2) is 12.7 Å². The molecule has 2 heterocycles. The van der Waals surface area contributed by atoms with Crippen LogP contribution in [0.1, 0.15) is 34.6 Å².